The van der Waals surface area contributed by atoms with Gasteiger partial charge in [-0.05, 0) is 26.8 Å². The highest BCUT2D eigenvalue weighted by atomic mass is 35.5. The molecule has 0 saturated carbocycles. The molecule has 0 N–H and O–H groups in total. The van der Waals surface area contributed by atoms with Crippen molar-refractivity contribution in [1.29, 1.82) is 0 Å². The van der Waals surface area contributed by atoms with Gasteiger partial charge in [-0.1, -0.05) is 35.0 Å². The number of carbonyl (C=O) groups is 1. The summed E-state index contributed by atoms with van der Waals surface area (Å²) >= 11 is 6.26. The molecule has 2 aromatic rings. The lowest BCUT2D eigenvalue weighted by Crippen LogP contribution is -2.56. The van der Waals surface area contributed by atoms with Crippen molar-refractivity contribution in [1.82, 2.24) is 10.1 Å². The first-order valence-corrected chi connectivity index (χ1v) is 7.87. The smallest absolute Gasteiger partial charge is 0.293 e. The summed E-state index contributed by atoms with van der Waals surface area (Å²) in [6.45, 7) is 6.56. The number of benzene rings is 1. The lowest BCUT2D eigenvalue weighted by atomic mass is 9.97. The van der Waals surface area contributed by atoms with E-state index < -0.39 is 5.54 Å². The maximum Gasteiger partial charge on any atom is 0.293 e. The first-order valence-electron chi connectivity index (χ1n) is 7.50. The summed E-state index contributed by atoms with van der Waals surface area (Å²) in [5.74, 6) is 0.0614. The predicted octanol–water partition coefficient (Wildman–Crippen LogP) is 3.63. The Balaban J connectivity index is 1.88. The lowest BCUT2D eigenvalue weighted by molar-refractivity contribution is -0.0855. The Hall–Kier alpha value is -1.85. The van der Waals surface area contributed by atoms with Gasteiger partial charge in [-0.3, -0.25) is 4.79 Å². The SMILES string of the molecule is Cc1cc(C(=O)N2C[C@@H](c3ccccc3Cl)OCC2(C)C)on1. The Bertz CT molecular complexity index is 726. The summed E-state index contributed by atoms with van der Waals surface area (Å²) in [5.41, 5.74) is 1.13. The first kappa shape index (κ1) is 16.0. The lowest BCUT2D eigenvalue weighted by Gasteiger charge is -2.45. The molecular formula is C17H19ClN2O3. The molecule has 23 heavy (non-hydrogen) atoms. The van der Waals surface area contributed by atoms with Gasteiger partial charge >= 0.3 is 0 Å². The van der Waals surface area contributed by atoms with Crippen molar-refractivity contribution in [3.05, 3.63) is 52.4 Å². The molecule has 1 aliphatic heterocycles. The van der Waals surface area contributed by atoms with Gasteiger partial charge in [0.15, 0.2) is 0 Å². The summed E-state index contributed by atoms with van der Waals surface area (Å²) < 4.78 is 11.1. The maximum absolute atomic E-state index is 12.8. The molecule has 1 amide bonds. The molecule has 5 nitrogen and oxygen atoms in total. The number of ether oxygens (including phenoxy) is 1. The van der Waals surface area contributed by atoms with Gasteiger partial charge < -0.3 is 14.2 Å². The average molecular weight is 335 g/mol. The standard InChI is InChI=1S/C17H19ClN2O3/c1-11-8-14(23-19-11)16(21)20-9-15(22-10-17(20,2)3)12-6-4-5-7-13(12)18/h4-8,15H,9-10H2,1-3H3/t15-/m0/s1. The Kier molecular flexibility index (Phi) is 4.17. The summed E-state index contributed by atoms with van der Waals surface area (Å²) in [5, 5.41) is 4.44. The fourth-order valence-corrected chi connectivity index (χ4v) is 2.99. The number of nitrogens with zero attached hydrogens (tertiary/aromatic N) is 2. The van der Waals surface area contributed by atoms with Gasteiger partial charge in [-0.15, -0.1) is 0 Å². The maximum atomic E-state index is 12.8. The van der Waals surface area contributed by atoms with Crippen LogP contribution in [-0.2, 0) is 4.74 Å². The van der Waals surface area contributed by atoms with Crippen molar-refractivity contribution >= 4 is 17.5 Å². The van der Waals surface area contributed by atoms with Crippen LogP contribution < -0.4 is 0 Å². The van der Waals surface area contributed by atoms with Crippen LogP contribution in [0, 0.1) is 6.92 Å². The van der Waals surface area contributed by atoms with Gasteiger partial charge in [-0.25, -0.2) is 0 Å². The minimum atomic E-state index is -0.435. The van der Waals surface area contributed by atoms with Crippen LogP contribution in [0.2, 0.25) is 5.02 Å². The summed E-state index contributed by atoms with van der Waals surface area (Å²) in [4.78, 5) is 14.6. The second-order valence-corrected chi connectivity index (χ2v) is 6.79. The van der Waals surface area contributed by atoms with Crippen molar-refractivity contribution < 1.29 is 14.1 Å². The largest absolute Gasteiger partial charge is 0.369 e. The fourth-order valence-electron chi connectivity index (χ4n) is 2.73. The van der Waals surface area contributed by atoms with E-state index in [4.69, 9.17) is 20.9 Å². The quantitative estimate of drug-likeness (QED) is 0.841. The number of hydrogen-bond donors (Lipinski definition) is 0. The third-order valence-electron chi connectivity index (χ3n) is 4.05. The second-order valence-electron chi connectivity index (χ2n) is 6.38. The number of aromatic nitrogens is 1. The Morgan fingerprint density at radius 2 is 2.13 bits per heavy atom. The zero-order valence-electron chi connectivity index (χ0n) is 13.4. The number of carbonyl (C=O) groups excluding carboxylic acids is 1. The molecule has 1 aromatic carbocycles. The molecule has 0 unspecified atom stereocenters. The van der Waals surface area contributed by atoms with Crippen LogP contribution in [0.1, 0.15) is 41.8 Å². The molecule has 0 aliphatic carbocycles. The first-order chi connectivity index (χ1) is 10.9. The Morgan fingerprint density at radius 3 is 2.78 bits per heavy atom. The van der Waals surface area contributed by atoms with Crippen LogP contribution in [0.25, 0.3) is 0 Å². The van der Waals surface area contributed by atoms with Crippen molar-refractivity contribution in [2.75, 3.05) is 13.2 Å². The van der Waals surface area contributed by atoms with Crippen molar-refractivity contribution in [3.8, 4) is 0 Å². The van der Waals surface area contributed by atoms with Crippen LogP contribution in [-0.4, -0.2) is 34.7 Å². The van der Waals surface area contributed by atoms with Gasteiger partial charge in [-0.2, -0.15) is 0 Å². The minimum absolute atomic E-state index is 0.184. The number of hydrogen-bond acceptors (Lipinski definition) is 4. The fraction of sp³-hybridized carbons (Fsp3) is 0.412. The summed E-state index contributed by atoms with van der Waals surface area (Å²) in [6, 6.07) is 9.19. The summed E-state index contributed by atoms with van der Waals surface area (Å²) in [6.07, 6.45) is -0.260. The van der Waals surface area contributed by atoms with Gasteiger partial charge in [0.1, 0.15) is 6.10 Å². The minimum Gasteiger partial charge on any atom is -0.369 e. The van der Waals surface area contributed by atoms with E-state index in [1.165, 1.54) is 0 Å². The van der Waals surface area contributed by atoms with E-state index in [0.717, 1.165) is 5.56 Å². The van der Waals surface area contributed by atoms with Crippen molar-refractivity contribution in [3.63, 3.8) is 0 Å². The molecule has 0 spiro atoms. The zero-order valence-corrected chi connectivity index (χ0v) is 14.1. The van der Waals surface area contributed by atoms with Crippen LogP contribution in [0.4, 0.5) is 0 Å². The molecular weight excluding hydrogens is 316 g/mol. The van der Waals surface area contributed by atoms with E-state index in [9.17, 15) is 4.79 Å². The molecule has 3 rings (SSSR count). The molecule has 1 atom stereocenters. The van der Waals surface area contributed by atoms with Gasteiger partial charge in [0.25, 0.3) is 5.91 Å². The van der Waals surface area contributed by atoms with Crippen LogP contribution in [0.15, 0.2) is 34.9 Å². The summed E-state index contributed by atoms with van der Waals surface area (Å²) in [7, 11) is 0. The zero-order chi connectivity index (χ0) is 16.6. The van der Waals surface area contributed by atoms with Crippen molar-refractivity contribution in [2.24, 2.45) is 0 Å². The molecule has 1 saturated heterocycles. The van der Waals surface area contributed by atoms with E-state index in [1.807, 2.05) is 38.1 Å². The van der Waals surface area contributed by atoms with E-state index in [2.05, 4.69) is 5.16 Å². The van der Waals surface area contributed by atoms with Crippen molar-refractivity contribution in [2.45, 2.75) is 32.4 Å². The molecule has 2 heterocycles. The molecule has 6 heteroatoms. The van der Waals surface area contributed by atoms with Crippen LogP contribution >= 0.6 is 11.6 Å². The Labute approximate surface area is 140 Å². The monoisotopic (exact) mass is 334 g/mol. The third-order valence-corrected chi connectivity index (χ3v) is 4.40. The molecule has 122 valence electrons. The molecule has 1 aromatic heterocycles. The third kappa shape index (κ3) is 3.12. The number of morpholine rings is 1. The molecule has 1 aliphatic rings. The number of rotatable bonds is 2. The predicted molar refractivity (Wildman–Crippen MR) is 86.5 cm³/mol. The second kappa shape index (κ2) is 5.98. The van der Waals surface area contributed by atoms with Crippen LogP contribution in [0.5, 0.6) is 0 Å². The molecule has 1 fully saturated rings. The van der Waals surface area contributed by atoms with Crippen LogP contribution in [0.3, 0.4) is 0 Å². The number of aryl methyl sites for hydroxylation is 1. The van der Waals surface area contributed by atoms with E-state index in [-0.39, 0.29) is 17.8 Å². The van der Waals surface area contributed by atoms with Gasteiger partial charge in [0.05, 0.1) is 24.4 Å². The topological polar surface area (TPSA) is 55.6 Å². The highest BCUT2D eigenvalue weighted by Crippen LogP contribution is 2.34. The number of amides is 1. The highest BCUT2D eigenvalue weighted by Gasteiger charge is 2.40. The molecule has 0 radical (unpaired) electrons. The normalized spacial score (nSPS) is 20.5. The van der Waals surface area contributed by atoms with E-state index >= 15 is 0 Å². The highest BCUT2D eigenvalue weighted by molar-refractivity contribution is 6.31. The Morgan fingerprint density at radius 1 is 1.39 bits per heavy atom. The van der Waals surface area contributed by atoms with Gasteiger partial charge in [0.2, 0.25) is 5.76 Å². The molecule has 0 bridgehead atoms. The van der Waals surface area contributed by atoms with E-state index in [0.29, 0.717) is 23.9 Å². The average Bonchev–Trinajstić information content (AvgIpc) is 2.94. The van der Waals surface area contributed by atoms with E-state index in [1.54, 1.807) is 17.9 Å². The number of halogens is 1. The van der Waals surface area contributed by atoms with Gasteiger partial charge in [0, 0.05) is 16.7 Å².